The van der Waals surface area contributed by atoms with Gasteiger partial charge in [-0.25, -0.2) is 0 Å². The topological polar surface area (TPSA) is 76.5 Å². The summed E-state index contributed by atoms with van der Waals surface area (Å²) in [6, 6.07) is 8.03. The van der Waals surface area contributed by atoms with E-state index in [9.17, 15) is 15.2 Å². The minimum absolute atomic E-state index is 0.0542. The lowest BCUT2D eigenvalue weighted by molar-refractivity contribution is -0.384. The summed E-state index contributed by atoms with van der Waals surface area (Å²) in [4.78, 5) is 10.2. The van der Waals surface area contributed by atoms with Crippen molar-refractivity contribution in [2.75, 3.05) is 0 Å². The predicted octanol–water partition coefficient (Wildman–Crippen LogP) is 3.22. The van der Waals surface area contributed by atoms with Gasteiger partial charge in [0.05, 0.1) is 4.92 Å². The van der Waals surface area contributed by atoms with Gasteiger partial charge < -0.3 is 9.52 Å². The zero-order chi connectivity index (χ0) is 13.3. The average molecular weight is 247 g/mol. The maximum atomic E-state index is 10.6. The molecule has 0 unspecified atom stereocenters. The molecule has 0 spiro atoms. The van der Waals surface area contributed by atoms with E-state index in [0.29, 0.717) is 11.5 Å². The fraction of sp³-hybridized carbons (Fsp3) is 0.231. The normalized spacial score (nSPS) is 12.4. The van der Waals surface area contributed by atoms with Crippen LogP contribution in [0.25, 0.3) is 11.3 Å². The fourth-order valence-electron chi connectivity index (χ4n) is 1.76. The quantitative estimate of drug-likeness (QED) is 0.667. The van der Waals surface area contributed by atoms with Crippen LogP contribution in [0.1, 0.15) is 24.4 Å². The third kappa shape index (κ3) is 2.26. The molecule has 1 heterocycles. The van der Waals surface area contributed by atoms with Gasteiger partial charge in [-0.05, 0) is 37.6 Å². The van der Waals surface area contributed by atoms with E-state index in [-0.39, 0.29) is 5.69 Å². The molecule has 0 bridgehead atoms. The van der Waals surface area contributed by atoms with Crippen LogP contribution in [0, 0.1) is 17.0 Å². The van der Waals surface area contributed by atoms with Crippen LogP contribution in [-0.2, 0) is 0 Å². The number of nitrogens with zero attached hydrogens (tertiary/aromatic N) is 1. The molecule has 2 aromatic rings. The second-order valence-corrected chi connectivity index (χ2v) is 4.13. The molecule has 5 nitrogen and oxygen atoms in total. The monoisotopic (exact) mass is 247 g/mol. The first-order chi connectivity index (χ1) is 8.49. The number of nitro groups is 1. The number of furan rings is 1. The van der Waals surface area contributed by atoms with Crippen molar-refractivity contribution in [3.63, 3.8) is 0 Å². The predicted molar refractivity (Wildman–Crippen MR) is 66.2 cm³/mol. The van der Waals surface area contributed by atoms with Crippen molar-refractivity contribution in [2.45, 2.75) is 20.0 Å². The second kappa shape index (κ2) is 4.62. The van der Waals surface area contributed by atoms with Crippen LogP contribution in [0.5, 0.6) is 0 Å². The highest BCUT2D eigenvalue weighted by Crippen LogP contribution is 2.29. The Bertz CT molecular complexity index is 586. The molecule has 18 heavy (non-hydrogen) atoms. The van der Waals surface area contributed by atoms with Crippen LogP contribution in [0.2, 0.25) is 0 Å². The Kier molecular flexibility index (Phi) is 3.16. The summed E-state index contributed by atoms with van der Waals surface area (Å²) >= 11 is 0. The fourth-order valence-corrected chi connectivity index (χ4v) is 1.76. The minimum Gasteiger partial charge on any atom is -0.458 e. The van der Waals surface area contributed by atoms with Crippen molar-refractivity contribution in [3.05, 3.63) is 51.8 Å². The molecule has 2 rings (SSSR count). The number of aliphatic hydroxyl groups excluding tert-OH is 1. The molecule has 0 amide bonds. The Hall–Kier alpha value is -2.14. The minimum atomic E-state index is -0.669. The van der Waals surface area contributed by atoms with Gasteiger partial charge >= 0.3 is 0 Å². The van der Waals surface area contributed by atoms with E-state index in [1.54, 1.807) is 32.0 Å². The zero-order valence-corrected chi connectivity index (χ0v) is 10.1. The molecular weight excluding hydrogens is 234 g/mol. The van der Waals surface area contributed by atoms with Gasteiger partial charge in [0.25, 0.3) is 5.69 Å². The van der Waals surface area contributed by atoms with Gasteiger partial charge in [-0.15, -0.1) is 0 Å². The van der Waals surface area contributed by atoms with Gasteiger partial charge in [0, 0.05) is 17.7 Å². The third-order valence-electron chi connectivity index (χ3n) is 2.72. The summed E-state index contributed by atoms with van der Waals surface area (Å²) in [6.45, 7) is 3.40. The zero-order valence-electron chi connectivity index (χ0n) is 10.1. The highest BCUT2D eigenvalue weighted by molar-refractivity contribution is 5.64. The van der Waals surface area contributed by atoms with Crippen molar-refractivity contribution in [2.24, 2.45) is 0 Å². The Morgan fingerprint density at radius 2 is 2.06 bits per heavy atom. The van der Waals surface area contributed by atoms with Gasteiger partial charge in [0.1, 0.15) is 17.6 Å². The number of hydrogen-bond donors (Lipinski definition) is 1. The highest BCUT2D eigenvalue weighted by atomic mass is 16.6. The van der Waals surface area contributed by atoms with Gasteiger partial charge in [-0.2, -0.15) is 0 Å². The van der Waals surface area contributed by atoms with E-state index in [0.717, 1.165) is 11.1 Å². The second-order valence-electron chi connectivity index (χ2n) is 4.13. The van der Waals surface area contributed by atoms with E-state index in [2.05, 4.69) is 0 Å². The molecule has 0 fully saturated rings. The number of nitro benzene ring substituents is 1. The van der Waals surface area contributed by atoms with E-state index >= 15 is 0 Å². The highest BCUT2D eigenvalue weighted by Gasteiger charge is 2.13. The SMILES string of the molecule is Cc1cc([N+](=O)[O-])ccc1-c1ccc([C@H](C)O)o1. The van der Waals surface area contributed by atoms with Gasteiger partial charge in [0.15, 0.2) is 0 Å². The Morgan fingerprint density at radius 3 is 2.56 bits per heavy atom. The van der Waals surface area contributed by atoms with Gasteiger partial charge in [-0.1, -0.05) is 0 Å². The first kappa shape index (κ1) is 12.3. The van der Waals surface area contributed by atoms with Crippen molar-refractivity contribution in [3.8, 4) is 11.3 Å². The lowest BCUT2D eigenvalue weighted by Crippen LogP contribution is -1.90. The number of hydrogen-bond acceptors (Lipinski definition) is 4. The molecule has 0 aliphatic carbocycles. The van der Waals surface area contributed by atoms with E-state index in [1.165, 1.54) is 12.1 Å². The van der Waals surface area contributed by atoms with Crippen LogP contribution in [0.15, 0.2) is 34.7 Å². The molecule has 0 saturated carbocycles. The van der Waals surface area contributed by atoms with Crippen LogP contribution >= 0.6 is 0 Å². The van der Waals surface area contributed by atoms with E-state index in [1.807, 2.05) is 0 Å². The van der Waals surface area contributed by atoms with Gasteiger partial charge in [0.2, 0.25) is 0 Å². The third-order valence-corrected chi connectivity index (χ3v) is 2.72. The maximum absolute atomic E-state index is 10.6. The summed E-state index contributed by atoms with van der Waals surface area (Å²) in [5, 5.41) is 20.0. The molecule has 94 valence electrons. The average Bonchev–Trinajstić information content (AvgIpc) is 2.78. The number of aliphatic hydroxyl groups is 1. The van der Waals surface area contributed by atoms with Crippen molar-refractivity contribution in [1.82, 2.24) is 0 Å². The maximum Gasteiger partial charge on any atom is 0.269 e. The molecule has 1 N–H and O–H groups in total. The molecule has 5 heteroatoms. The van der Waals surface area contributed by atoms with Crippen molar-refractivity contribution < 1.29 is 14.4 Å². The smallest absolute Gasteiger partial charge is 0.269 e. The molecule has 0 aliphatic heterocycles. The standard InChI is InChI=1S/C13H13NO4/c1-8-7-10(14(16)17)3-4-11(8)13-6-5-12(18-13)9(2)15/h3-7,9,15H,1-2H3/t9-/m0/s1. The van der Waals surface area contributed by atoms with Crippen LogP contribution in [0.4, 0.5) is 5.69 Å². The largest absolute Gasteiger partial charge is 0.458 e. The summed E-state index contributed by atoms with van der Waals surface area (Å²) in [5.74, 6) is 1.07. The Morgan fingerprint density at radius 1 is 1.33 bits per heavy atom. The first-order valence-electron chi connectivity index (χ1n) is 5.52. The lowest BCUT2D eigenvalue weighted by atomic mass is 10.1. The Balaban J connectivity index is 2.41. The molecule has 0 saturated heterocycles. The van der Waals surface area contributed by atoms with Gasteiger partial charge in [-0.3, -0.25) is 10.1 Å². The molecule has 1 atom stereocenters. The molecule has 1 aromatic carbocycles. The number of rotatable bonds is 3. The van der Waals surface area contributed by atoms with E-state index < -0.39 is 11.0 Å². The van der Waals surface area contributed by atoms with Crippen molar-refractivity contribution in [1.29, 1.82) is 0 Å². The van der Waals surface area contributed by atoms with Crippen LogP contribution in [-0.4, -0.2) is 10.0 Å². The molecule has 1 aromatic heterocycles. The van der Waals surface area contributed by atoms with E-state index in [4.69, 9.17) is 4.42 Å². The summed E-state index contributed by atoms with van der Waals surface area (Å²) in [6.07, 6.45) is -0.669. The number of benzene rings is 1. The molecule has 0 radical (unpaired) electrons. The number of non-ortho nitro benzene ring substituents is 1. The Labute approximate surface area is 104 Å². The summed E-state index contributed by atoms with van der Waals surface area (Å²) in [7, 11) is 0. The van der Waals surface area contributed by atoms with Crippen LogP contribution in [0.3, 0.4) is 0 Å². The first-order valence-corrected chi connectivity index (χ1v) is 5.52. The van der Waals surface area contributed by atoms with Crippen molar-refractivity contribution >= 4 is 5.69 Å². The number of aryl methyl sites for hydroxylation is 1. The van der Waals surface area contributed by atoms with Crippen LogP contribution < -0.4 is 0 Å². The summed E-state index contributed by atoms with van der Waals surface area (Å²) in [5.41, 5.74) is 1.60. The summed E-state index contributed by atoms with van der Waals surface area (Å²) < 4.78 is 5.49. The molecular formula is C13H13NO4. The molecule has 0 aliphatic rings. The lowest BCUT2D eigenvalue weighted by Gasteiger charge is -2.03.